The predicted octanol–water partition coefficient (Wildman–Crippen LogP) is 4.49. The number of nitrogens with zero attached hydrogens (tertiary/aromatic N) is 3. The topological polar surface area (TPSA) is 45.7 Å². The number of carbonyl (C=O) groups excluding carboxylic acids is 1. The first-order chi connectivity index (χ1) is 14.6. The van der Waals surface area contributed by atoms with Gasteiger partial charge in [0, 0.05) is 25.8 Å². The average Bonchev–Trinajstić information content (AvgIpc) is 2.89. The van der Waals surface area contributed by atoms with Crippen LogP contribution in [0.1, 0.15) is 42.2 Å². The molecule has 0 unspecified atom stereocenters. The first-order valence-corrected chi connectivity index (χ1v) is 10.4. The molecule has 4 rings (SSSR count). The van der Waals surface area contributed by atoms with Gasteiger partial charge >= 0.3 is 0 Å². The molecule has 0 fully saturated rings. The summed E-state index contributed by atoms with van der Waals surface area (Å²) < 4.78 is 19.2. The molecule has 0 saturated carbocycles. The number of aromatic nitrogens is 1. The van der Waals surface area contributed by atoms with Crippen LogP contribution in [0.25, 0.3) is 5.57 Å². The fraction of sp³-hybridized carbons (Fsp3) is 0.333. The van der Waals surface area contributed by atoms with E-state index >= 15 is 0 Å². The van der Waals surface area contributed by atoms with Crippen LogP contribution < -0.4 is 4.74 Å². The average molecular weight is 407 g/mol. The zero-order valence-electron chi connectivity index (χ0n) is 17.2. The molecule has 2 aliphatic heterocycles. The van der Waals surface area contributed by atoms with Crippen LogP contribution >= 0.6 is 0 Å². The van der Waals surface area contributed by atoms with E-state index in [1.807, 2.05) is 25.3 Å². The van der Waals surface area contributed by atoms with Crippen LogP contribution in [0.15, 0.2) is 60.6 Å². The number of hydrogen-bond donors (Lipinski definition) is 0. The SMILES string of the molecule is CC1=COc2ccc(F)cc2C(=O)N1CCCCN1CC=C(c2ccccn2)CC1. The Kier molecular flexibility index (Phi) is 6.23. The highest BCUT2D eigenvalue weighted by Crippen LogP contribution is 2.27. The number of hydrogen-bond acceptors (Lipinski definition) is 4. The molecular formula is C24H26FN3O2. The van der Waals surface area contributed by atoms with E-state index in [0.717, 1.165) is 50.3 Å². The van der Waals surface area contributed by atoms with Crippen molar-refractivity contribution in [2.75, 3.05) is 26.2 Å². The first kappa shape index (κ1) is 20.3. The Hall–Kier alpha value is -2.99. The normalized spacial score (nSPS) is 17.0. The van der Waals surface area contributed by atoms with Gasteiger partial charge in [0.15, 0.2) is 0 Å². The van der Waals surface area contributed by atoms with Crippen molar-refractivity contribution in [2.24, 2.45) is 0 Å². The lowest BCUT2D eigenvalue weighted by molar-refractivity contribution is 0.0804. The summed E-state index contributed by atoms with van der Waals surface area (Å²) in [4.78, 5) is 21.4. The zero-order valence-corrected chi connectivity index (χ0v) is 17.2. The smallest absolute Gasteiger partial charge is 0.262 e. The highest BCUT2D eigenvalue weighted by atomic mass is 19.1. The van der Waals surface area contributed by atoms with E-state index in [0.29, 0.717) is 12.3 Å². The van der Waals surface area contributed by atoms with Crippen molar-refractivity contribution in [1.82, 2.24) is 14.8 Å². The number of benzene rings is 1. The van der Waals surface area contributed by atoms with Gasteiger partial charge < -0.3 is 9.64 Å². The van der Waals surface area contributed by atoms with Gasteiger partial charge in [-0.1, -0.05) is 12.1 Å². The third-order valence-electron chi connectivity index (χ3n) is 5.59. The maximum atomic E-state index is 13.6. The van der Waals surface area contributed by atoms with Crippen LogP contribution in [0.2, 0.25) is 0 Å². The van der Waals surface area contributed by atoms with E-state index in [1.165, 1.54) is 23.8 Å². The molecule has 0 aliphatic carbocycles. The number of amides is 1. The molecule has 156 valence electrons. The Morgan fingerprint density at radius 1 is 1.17 bits per heavy atom. The van der Waals surface area contributed by atoms with Gasteiger partial charge in [-0.2, -0.15) is 0 Å². The molecule has 2 aliphatic rings. The second-order valence-corrected chi connectivity index (χ2v) is 7.68. The fourth-order valence-electron chi connectivity index (χ4n) is 3.87. The van der Waals surface area contributed by atoms with Gasteiger partial charge in [0.2, 0.25) is 0 Å². The van der Waals surface area contributed by atoms with E-state index in [4.69, 9.17) is 4.74 Å². The summed E-state index contributed by atoms with van der Waals surface area (Å²) in [6.07, 6.45) is 8.52. The third-order valence-corrected chi connectivity index (χ3v) is 5.59. The van der Waals surface area contributed by atoms with Crippen LogP contribution in [0.4, 0.5) is 4.39 Å². The van der Waals surface area contributed by atoms with E-state index in [2.05, 4.69) is 22.0 Å². The van der Waals surface area contributed by atoms with Gasteiger partial charge in [-0.3, -0.25) is 14.7 Å². The van der Waals surface area contributed by atoms with Crippen LogP contribution in [-0.4, -0.2) is 46.9 Å². The second-order valence-electron chi connectivity index (χ2n) is 7.68. The van der Waals surface area contributed by atoms with Crippen molar-refractivity contribution in [3.8, 4) is 5.75 Å². The number of ether oxygens (including phenoxy) is 1. The van der Waals surface area contributed by atoms with Crippen molar-refractivity contribution < 1.29 is 13.9 Å². The van der Waals surface area contributed by atoms with Gasteiger partial charge in [0.05, 0.1) is 17.0 Å². The highest BCUT2D eigenvalue weighted by molar-refractivity contribution is 5.98. The lowest BCUT2D eigenvalue weighted by Gasteiger charge is -2.27. The van der Waals surface area contributed by atoms with E-state index in [1.54, 1.807) is 11.2 Å². The van der Waals surface area contributed by atoms with E-state index in [9.17, 15) is 9.18 Å². The predicted molar refractivity (Wildman–Crippen MR) is 114 cm³/mol. The molecule has 1 amide bonds. The van der Waals surface area contributed by atoms with Crippen LogP contribution in [0, 0.1) is 5.82 Å². The number of carbonyl (C=O) groups is 1. The quantitative estimate of drug-likeness (QED) is 0.662. The Labute approximate surface area is 176 Å². The van der Waals surface area contributed by atoms with Crippen LogP contribution in [0.5, 0.6) is 5.75 Å². The molecule has 2 aromatic rings. The number of fused-ring (bicyclic) bond motifs is 1. The summed E-state index contributed by atoms with van der Waals surface area (Å²) in [5.41, 5.74) is 3.38. The van der Waals surface area contributed by atoms with Gasteiger partial charge in [0.1, 0.15) is 17.8 Å². The van der Waals surface area contributed by atoms with Crippen molar-refractivity contribution in [3.05, 3.63) is 77.7 Å². The minimum absolute atomic E-state index is 0.211. The number of pyridine rings is 1. The number of allylic oxidation sites excluding steroid dienone is 1. The van der Waals surface area contributed by atoms with Crippen LogP contribution in [0.3, 0.4) is 0 Å². The first-order valence-electron chi connectivity index (χ1n) is 10.4. The maximum Gasteiger partial charge on any atom is 0.262 e. The maximum absolute atomic E-state index is 13.6. The molecule has 30 heavy (non-hydrogen) atoms. The van der Waals surface area contributed by atoms with Crippen molar-refractivity contribution >= 4 is 11.5 Å². The lowest BCUT2D eigenvalue weighted by Crippen LogP contribution is -2.32. The van der Waals surface area contributed by atoms with E-state index < -0.39 is 5.82 Å². The summed E-state index contributed by atoms with van der Waals surface area (Å²) in [7, 11) is 0. The van der Waals surface area contributed by atoms with Crippen molar-refractivity contribution in [3.63, 3.8) is 0 Å². The molecular weight excluding hydrogens is 381 g/mol. The lowest BCUT2D eigenvalue weighted by atomic mass is 10.0. The van der Waals surface area contributed by atoms with E-state index in [-0.39, 0.29) is 11.5 Å². The van der Waals surface area contributed by atoms with Gasteiger partial charge in [-0.25, -0.2) is 4.39 Å². The summed E-state index contributed by atoms with van der Waals surface area (Å²) in [5.74, 6) is -0.253. The third kappa shape index (κ3) is 4.60. The molecule has 0 bridgehead atoms. The van der Waals surface area contributed by atoms with Gasteiger partial charge in [0.25, 0.3) is 5.91 Å². The molecule has 0 atom stereocenters. The molecule has 6 heteroatoms. The molecule has 0 N–H and O–H groups in total. The second kappa shape index (κ2) is 9.22. The largest absolute Gasteiger partial charge is 0.462 e. The standard InChI is InChI=1S/C24H26FN3O2/c1-18-17-30-23-8-7-20(25)16-21(23)24(29)28(18)13-5-4-12-27-14-9-19(10-15-27)22-6-2-3-11-26-22/h2-3,6-9,11,16-17H,4-5,10,12-15H2,1H3. The minimum Gasteiger partial charge on any atom is -0.462 e. The monoisotopic (exact) mass is 407 g/mol. The number of halogens is 1. The molecule has 0 saturated heterocycles. The Bertz CT molecular complexity index is 972. The summed E-state index contributed by atoms with van der Waals surface area (Å²) in [6.45, 7) is 5.36. The molecule has 1 aromatic heterocycles. The molecule has 0 spiro atoms. The van der Waals surface area contributed by atoms with Crippen molar-refractivity contribution in [2.45, 2.75) is 26.2 Å². The van der Waals surface area contributed by atoms with Gasteiger partial charge in [-0.15, -0.1) is 0 Å². The van der Waals surface area contributed by atoms with Crippen molar-refractivity contribution in [1.29, 1.82) is 0 Å². The molecule has 1 aromatic carbocycles. The molecule has 0 radical (unpaired) electrons. The van der Waals surface area contributed by atoms with Gasteiger partial charge in [-0.05, 0) is 68.6 Å². The highest BCUT2D eigenvalue weighted by Gasteiger charge is 2.24. The fourth-order valence-corrected chi connectivity index (χ4v) is 3.87. The number of unbranched alkanes of at least 4 members (excludes halogenated alkanes) is 1. The van der Waals surface area contributed by atoms with Crippen LogP contribution in [-0.2, 0) is 0 Å². The molecule has 3 heterocycles. The number of rotatable bonds is 6. The summed E-state index contributed by atoms with van der Waals surface area (Å²) in [6, 6.07) is 10.1. The Morgan fingerprint density at radius 2 is 2.03 bits per heavy atom. The zero-order chi connectivity index (χ0) is 20.9. The minimum atomic E-state index is -0.437. The Morgan fingerprint density at radius 3 is 2.80 bits per heavy atom. The summed E-state index contributed by atoms with van der Waals surface area (Å²) in [5, 5.41) is 0. The summed E-state index contributed by atoms with van der Waals surface area (Å²) >= 11 is 0. The Balaban J connectivity index is 1.28. The molecule has 5 nitrogen and oxygen atoms in total.